The third kappa shape index (κ3) is 3.03. The van der Waals surface area contributed by atoms with E-state index in [2.05, 4.69) is 14.9 Å². The second kappa shape index (κ2) is 5.77. The molecule has 0 saturated carbocycles. The van der Waals surface area contributed by atoms with Crippen LogP contribution in [0.25, 0.3) is 0 Å². The highest BCUT2D eigenvalue weighted by Gasteiger charge is 2.24. The van der Waals surface area contributed by atoms with Gasteiger partial charge in [0.1, 0.15) is 11.9 Å². The largest absolute Gasteiger partial charge is 0.370 e. The van der Waals surface area contributed by atoms with Crippen molar-refractivity contribution in [2.45, 2.75) is 20.0 Å². The van der Waals surface area contributed by atoms with Crippen molar-refractivity contribution in [2.24, 2.45) is 0 Å². The topological polar surface area (TPSA) is 38.2 Å². The van der Waals surface area contributed by atoms with Gasteiger partial charge in [0, 0.05) is 19.3 Å². The van der Waals surface area contributed by atoms with Crippen LogP contribution in [0.3, 0.4) is 0 Å². The van der Waals surface area contributed by atoms with E-state index >= 15 is 0 Å². The molecule has 4 nitrogen and oxygen atoms in total. The first kappa shape index (κ1) is 13.9. The molecular formula is C16H18FN3O. The molecule has 0 N–H and O–H groups in total. The third-order valence-corrected chi connectivity index (χ3v) is 3.64. The Labute approximate surface area is 123 Å². The summed E-state index contributed by atoms with van der Waals surface area (Å²) in [7, 11) is 0. The van der Waals surface area contributed by atoms with Crippen LogP contribution in [0.15, 0.2) is 30.5 Å². The summed E-state index contributed by atoms with van der Waals surface area (Å²) in [5.41, 5.74) is 2.66. The molecule has 1 aliphatic rings. The maximum absolute atomic E-state index is 13.4. The predicted octanol–water partition coefficient (Wildman–Crippen LogP) is 2.81. The lowest BCUT2D eigenvalue weighted by atomic mass is 10.1. The van der Waals surface area contributed by atoms with Crippen LogP contribution in [0, 0.1) is 19.7 Å². The second-order valence-electron chi connectivity index (χ2n) is 5.28. The summed E-state index contributed by atoms with van der Waals surface area (Å²) < 4.78 is 19.2. The number of nitrogens with zero attached hydrogens (tertiary/aromatic N) is 3. The number of aryl methyl sites for hydroxylation is 2. The zero-order chi connectivity index (χ0) is 14.8. The van der Waals surface area contributed by atoms with Gasteiger partial charge in [0.25, 0.3) is 0 Å². The summed E-state index contributed by atoms with van der Waals surface area (Å²) in [5.74, 6) is 0.652. The van der Waals surface area contributed by atoms with Crippen molar-refractivity contribution in [3.63, 3.8) is 0 Å². The van der Waals surface area contributed by atoms with Crippen LogP contribution in [0.1, 0.15) is 23.1 Å². The maximum Gasteiger partial charge on any atom is 0.150 e. The van der Waals surface area contributed by atoms with Gasteiger partial charge in [-0.05, 0) is 31.5 Å². The molecule has 1 fully saturated rings. The van der Waals surface area contributed by atoms with Crippen LogP contribution >= 0.6 is 0 Å². The lowest BCUT2D eigenvalue weighted by Crippen LogP contribution is -2.39. The lowest BCUT2D eigenvalue weighted by Gasteiger charge is -2.34. The number of hydrogen-bond acceptors (Lipinski definition) is 4. The van der Waals surface area contributed by atoms with Crippen LogP contribution in [-0.2, 0) is 4.74 Å². The van der Waals surface area contributed by atoms with Gasteiger partial charge in [0.2, 0.25) is 0 Å². The van der Waals surface area contributed by atoms with E-state index in [9.17, 15) is 4.39 Å². The number of anilines is 1. The molecule has 1 atom stereocenters. The first-order chi connectivity index (χ1) is 10.1. The molecule has 21 heavy (non-hydrogen) atoms. The highest BCUT2D eigenvalue weighted by Crippen LogP contribution is 2.26. The summed E-state index contributed by atoms with van der Waals surface area (Å²) in [6, 6.07) is 6.58. The third-order valence-electron chi connectivity index (χ3n) is 3.64. The molecule has 0 radical (unpaired) electrons. The van der Waals surface area contributed by atoms with Crippen molar-refractivity contribution >= 4 is 5.82 Å². The fourth-order valence-electron chi connectivity index (χ4n) is 2.57. The summed E-state index contributed by atoms with van der Waals surface area (Å²) in [5, 5.41) is 0. The van der Waals surface area contributed by atoms with Crippen LogP contribution in [0.2, 0.25) is 0 Å². The maximum atomic E-state index is 13.4. The first-order valence-corrected chi connectivity index (χ1v) is 7.06. The van der Waals surface area contributed by atoms with Gasteiger partial charge in [0.05, 0.1) is 18.0 Å². The monoisotopic (exact) mass is 287 g/mol. The Balaban J connectivity index is 1.84. The van der Waals surface area contributed by atoms with Gasteiger partial charge >= 0.3 is 0 Å². The molecule has 2 aromatic rings. The molecule has 0 bridgehead atoms. The average Bonchev–Trinajstić information content (AvgIpc) is 2.50. The van der Waals surface area contributed by atoms with Crippen LogP contribution in [-0.4, -0.2) is 29.7 Å². The molecular weight excluding hydrogens is 269 g/mol. The quantitative estimate of drug-likeness (QED) is 0.851. The van der Waals surface area contributed by atoms with E-state index in [1.54, 1.807) is 12.3 Å². The fourth-order valence-corrected chi connectivity index (χ4v) is 2.57. The molecule has 1 aliphatic heterocycles. The molecule has 0 amide bonds. The molecule has 5 heteroatoms. The molecule has 1 aromatic carbocycles. The van der Waals surface area contributed by atoms with Gasteiger partial charge in [-0.25, -0.2) is 9.37 Å². The van der Waals surface area contributed by atoms with Gasteiger partial charge in [-0.2, -0.15) is 0 Å². The van der Waals surface area contributed by atoms with Crippen molar-refractivity contribution in [3.05, 3.63) is 53.2 Å². The molecule has 0 aliphatic carbocycles. The van der Waals surface area contributed by atoms with Gasteiger partial charge in [-0.1, -0.05) is 12.1 Å². The van der Waals surface area contributed by atoms with Crippen molar-refractivity contribution in [1.82, 2.24) is 9.97 Å². The average molecular weight is 287 g/mol. The molecule has 1 aromatic heterocycles. The van der Waals surface area contributed by atoms with Gasteiger partial charge < -0.3 is 9.64 Å². The Morgan fingerprint density at radius 1 is 1.33 bits per heavy atom. The Bertz CT molecular complexity index is 647. The fraction of sp³-hybridized carbons (Fsp3) is 0.375. The second-order valence-corrected chi connectivity index (χ2v) is 5.28. The van der Waals surface area contributed by atoms with E-state index in [1.807, 2.05) is 19.9 Å². The first-order valence-electron chi connectivity index (χ1n) is 7.06. The minimum atomic E-state index is -0.236. The Morgan fingerprint density at radius 2 is 2.19 bits per heavy atom. The number of hydrogen-bond donors (Lipinski definition) is 0. The molecule has 110 valence electrons. The zero-order valence-corrected chi connectivity index (χ0v) is 12.2. The van der Waals surface area contributed by atoms with Crippen molar-refractivity contribution in [2.75, 3.05) is 24.6 Å². The number of morpholine rings is 1. The highest BCUT2D eigenvalue weighted by molar-refractivity contribution is 5.44. The highest BCUT2D eigenvalue weighted by atomic mass is 19.1. The summed E-state index contributed by atoms with van der Waals surface area (Å²) in [4.78, 5) is 11.1. The normalized spacial score (nSPS) is 18.8. The van der Waals surface area contributed by atoms with Crippen molar-refractivity contribution < 1.29 is 9.13 Å². The van der Waals surface area contributed by atoms with E-state index in [1.165, 1.54) is 12.1 Å². The number of rotatable bonds is 2. The number of halogens is 1. The standard InChI is InChI=1S/C16H18FN3O/c1-11-9-18-12(2)16(19-11)20-6-7-21-15(10-20)13-4-3-5-14(17)8-13/h3-5,8-9,15H,6-7,10H2,1-2H3/t15-/m0/s1. The summed E-state index contributed by atoms with van der Waals surface area (Å²) in [6.07, 6.45) is 1.62. The van der Waals surface area contributed by atoms with Gasteiger partial charge in [-0.15, -0.1) is 0 Å². The van der Waals surface area contributed by atoms with Crippen molar-refractivity contribution in [3.8, 4) is 0 Å². The Morgan fingerprint density at radius 3 is 3.00 bits per heavy atom. The molecule has 2 heterocycles. The predicted molar refractivity (Wildman–Crippen MR) is 78.8 cm³/mol. The van der Waals surface area contributed by atoms with Crippen LogP contribution < -0.4 is 4.90 Å². The van der Waals surface area contributed by atoms with E-state index in [0.29, 0.717) is 13.2 Å². The van der Waals surface area contributed by atoms with Crippen LogP contribution in [0.5, 0.6) is 0 Å². The van der Waals surface area contributed by atoms with Crippen LogP contribution in [0.4, 0.5) is 10.2 Å². The Kier molecular flexibility index (Phi) is 3.84. The van der Waals surface area contributed by atoms with E-state index in [0.717, 1.165) is 29.3 Å². The minimum Gasteiger partial charge on any atom is -0.370 e. The molecule has 3 rings (SSSR count). The number of ether oxygens (including phenoxy) is 1. The number of aromatic nitrogens is 2. The molecule has 0 spiro atoms. The summed E-state index contributed by atoms with van der Waals surface area (Å²) in [6.45, 7) is 5.90. The van der Waals surface area contributed by atoms with E-state index < -0.39 is 0 Å². The SMILES string of the molecule is Cc1cnc(C)c(N2CCO[C@H](c3cccc(F)c3)C2)n1. The zero-order valence-electron chi connectivity index (χ0n) is 12.2. The number of benzene rings is 1. The van der Waals surface area contributed by atoms with E-state index in [4.69, 9.17) is 4.74 Å². The Hall–Kier alpha value is -2.01. The van der Waals surface area contributed by atoms with E-state index in [-0.39, 0.29) is 11.9 Å². The molecule has 1 saturated heterocycles. The molecule has 0 unspecified atom stereocenters. The van der Waals surface area contributed by atoms with Crippen molar-refractivity contribution in [1.29, 1.82) is 0 Å². The van der Waals surface area contributed by atoms with Gasteiger partial charge in [-0.3, -0.25) is 4.98 Å². The lowest BCUT2D eigenvalue weighted by molar-refractivity contribution is 0.0392. The van der Waals surface area contributed by atoms with Gasteiger partial charge in [0.15, 0.2) is 5.82 Å². The minimum absolute atomic E-state index is 0.142. The summed E-state index contributed by atoms with van der Waals surface area (Å²) >= 11 is 0. The smallest absolute Gasteiger partial charge is 0.150 e.